The van der Waals surface area contributed by atoms with Crippen molar-refractivity contribution < 1.29 is 0 Å². The lowest BCUT2D eigenvalue weighted by Crippen LogP contribution is -1.94. The number of rotatable bonds is 11. The third-order valence-electron chi connectivity index (χ3n) is 26.7. The number of fused-ring (bicyclic) bond motifs is 24. The number of hydrogen-bond acceptors (Lipinski definition) is 3. The van der Waals surface area contributed by atoms with Crippen LogP contribution in [0.2, 0.25) is 0 Å². The normalized spacial score (nSPS) is 12.1. The van der Waals surface area contributed by atoms with Crippen LogP contribution in [0.5, 0.6) is 0 Å². The van der Waals surface area contributed by atoms with Gasteiger partial charge in [0.05, 0.1) is 77.4 Å². The second-order valence-corrected chi connectivity index (χ2v) is 33.5. The Bertz CT molecular complexity index is 9260. The van der Waals surface area contributed by atoms with Gasteiger partial charge in [0.25, 0.3) is 0 Å². The smallest absolute Gasteiger partial charge is 0.0802 e. The molecule has 0 bridgehead atoms. The molecule has 0 saturated heterocycles. The Morgan fingerprint density at radius 1 is 0.159 bits per heavy atom. The molecule has 0 unspecified atom stereocenters. The van der Waals surface area contributed by atoms with E-state index in [4.69, 9.17) is 9.97 Å². The number of aromatic nitrogens is 9. The molecule has 0 fully saturated rings. The van der Waals surface area contributed by atoms with Crippen LogP contribution in [0, 0.1) is 0 Å². The van der Waals surface area contributed by atoms with Crippen molar-refractivity contribution in [2.75, 3.05) is 0 Å². The highest BCUT2D eigenvalue weighted by atomic mass is 15.0. The Hall–Kier alpha value is -17.0. The van der Waals surface area contributed by atoms with Gasteiger partial charge >= 0.3 is 0 Å². The fraction of sp³-hybridized carbons (Fsp3) is 0. The Morgan fingerprint density at radius 2 is 0.484 bits per heavy atom. The molecule has 0 atom stereocenters. The molecule has 27 rings (SSSR count). The summed E-state index contributed by atoms with van der Waals surface area (Å²) in [5.74, 6) is 0. The summed E-state index contributed by atoms with van der Waals surface area (Å²) in [5.41, 5.74) is 32.4. The second-order valence-electron chi connectivity index (χ2n) is 33.5. The summed E-state index contributed by atoms with van der Waals surface area (Å²) in [4.78, 5) is 15.5. The fourth-order valence-corrected chi connectivity index (χ4v) is 21.0. The van der Waals surface area contributed by atoms with E-state index in [0.29, 0.717) is 0 Å². The van der Waals surface area contributed by atoms with Crippen LogP contribution in [0.3, 0.4) is 0 Å². The van der Waals surface area contributed by atoms with E-state index in [9.17, 15) is 0 Å². The topological polar surface area (TPSA) is 68.2 Å². The molecule has 126 heavy (non-hydrogen) atoms. The molecular formula is C117H71N9. The van der Waals surface area contributed by atoms with E-state index >= 15 is 0 Å². The lowest BCUT2D eigenvalue weighted by atomic mass is 9.98. The fourth-order valence-electron chi connectivity index (χ4n) is 21.0. The van der Waals surface area contributed by atoms with Crippen LogP contribution in [0.25, 0.3) is 253 Å². The minimum absolute atomic E-state index is 0.910. The number of nitrogens with zero attached hydrogens (tertiary/aromatic N) is 9. The standard InChI is InChI=1S/C117H71N9/c1-7-21-84(22-8-1)121-102-34-20-19-33-91(102)94-60-72(37-48-103(94)121)77-42-53-108-99(65-77)116-111(124(108)87-27-13-4-14-28-87)55-44-81-59-83(70-120-117(81)116)78-35-46-92-95-61-74(38-49-104(95)125(112(92)67-78)88-29-15-5-16-30-88)76-41-52-107-98(64-76)115-100-71-119-101(66-79(100)43-54-110(115)123(107)86-25-11-3-12-26-86)80-36-47-93-96-62-73(39-50-105(96)126(113(93)68-80)89-31-17-6-18-32-89)75-40-51-106-97(63-75)114-90-57-58-118-69-82(90)45-56-109(114)122(106)85-23-9-2-10-24-85/h1-71H. The summed E-state index contributed by atoms with van der Waals surface area (Å²) in [5, 5.41) is 19.8. The van der Waals surface area contributed by atoms with Gasteiger partial charge in [-0.05, 0) is 250 Å². The van der Waals surface area contributed by atoms with Crippen molar-refractivity contribution in [2.45, 2.75) is 0 Å². The summed E-state index contributed by atoms with van der Waals surface area (Å²) in [7, 11) is 0. The van der Waals surface area contributed by atoms with E-state index in [-0.39, 0.29) is 0 Å². The number of hydrogen-bond donors (Lipinski definition) is 0. The maximum Gasteiger partial charge on any atom is 0.0802 e. The molecule has 9 heterocycles. The van der Waals surface area contributed by atoms with E-state index in [2.05, 4.69) is 451 Å². The zero-order valence-electron chi connectivity index (χ0n) is 68.0. The van der Waals surface area contributed by atoms with Crippen molar-refractivity contribution in [3.8, 4) is 89.9 Å². The average molecular weight is 1600 g/mol. The largest absolute Gasteiger partial charge is 0.309 e. The van der Waals surface area contributed by atoms with Crippen LogP contribution < -0.4 is 0 Å². The highest BCUT2D eigenvalue weighted by Gasteiger charge is 2.25. The third-order valence-corrected chi connectivity index (χ3v) is 26.7. The summed E-state index contributed by atoms with van der Waals surface area (Å²) in [6.45, 7) is 0. The first kappa shape index (κ1) is 69.8. The van der Waals surface area contributed by atoms with E-state index in [1.165, 1.54) is 81.5 Å². The molecule has 0 aliphatic carbocycles. The average Bonchev–Trinajstić information content (AvgIpc) is 1.57. The molecule has 584 valence electrons. The highest BCUT2D eigenvalue weighted by molar-refractivity contribution is 6.26. The minimum Gasteiger partial charge on any atom is -0.309 e. The number of benzene rings is 18. The molecule has 0 spiro atoms. The summed E-state index contributed by atoms with van der Waals surface area (Å²) in [6, 6.07) is 149. The molecule has 0 amide bonds. The quantitative estimate of drug-likeness (QED) is 0.130. The zero-order valence-corrected chi connectivity index (χ0v) is 68.0. The first-order valence-electron chi connectivity index (χ1n) is 43.1. The molecular weight excluding hydrogens is 1530 g/mol. The van der Waals surface area contributed by atoms with Gasteiger partial charge in [-0.1, -0.05) is 206 Å². The number of pyridine rings is 3. The van der Waals surface area contributed by atoms with Crippen LogP contribution in [-0.4, -0.2) is 42.4 Å². The molecule has 9 nitrogen and oxygen atoms in total. The summed E-state index contributed by atoms with van der Waals surface area (Å²) >= 11 is 0. The Labute approximate surface area is 721 Å². The third kappa shape index (κ3) is 10.5. The SMILES string of the molecule is c1ccc(-n2c3ccccc3c3cc(-c4ccc5c(c4)c4c6ncc(-c7ccc8c9cc(-c%10ccc%11c(c%10)c%10c%12cnc(-c%13ccc%14c%15cc(-c%16ccc%17c(c%16)c%16c%18ccncc%18ccc%16n%17-c%16ccccc%16)ccc%15n(-c%15ccccc%15)c%14c%13)cc%12ccc%10n%11-c%10ccccc%10)ccc9n(-c9ccccc9)c8c7)cc6ccc4n5-c4ccccc4)ccc32)cc1. The van der Waals surface area contributed by atoms with E-state index in [1.54, 1.807) is 0 Å². The molecule has 0 aliphatic heterocycles. The summed E-state index contributed by atoms with van der Waals surface area (Å²) in [6.07, 6.45) is 8.08. The molecule has 0 radical (unpaired) electrons. The van der Waals surface area contributed by atoms with Gasteiger partial charge in [0.15, 0.2) is 0 Å². The Balaban J connectivity index is 0.560. The Kier molecular flexibility index (Phi) is 15.1. The molecule has 9 aromatic heterocycles. The summed E-state index contributed by atoms with van der Waals surface area (Å²) < 4.78 is 14.4. The van der Waals surface area contributed by atoms with Crippen molar-refractivity contribution in [3.63, 3.8) is 0 Å². The van der Waals surface area contributed by atoms with Gasteiger partial charge in [-0.2, -0.15) is 0 Å². The van der Waals surface area contributed by atoms with Crippen LogP contribution in [0.1, 0.15) is 0 Å². The first-order chi connectivity index (χ1) is 62.5. The van der Waals surface area contributed by atoms with Gasteiger partial charge in [0.1, 0.15) is 0 Å². The maximum atomic E-state index is 5.52. The lowest BCUT2D eigenvalue weighted by Gasteiger charge is -2.10. The predicted octanol–water partition coefficient (Wildman–Crippen LogP) is 30.2. The van der Waals surface area contributed by atoms with Gasteiger partial charge in [0.2, 0.25) is 0 Å². The predicted molar refractivity (Wildman–Crippen MR) is 526 cm³/mol. The molecule has 18 aromatic carbocycles. The Morgan fingerprint density at radius 3 is 0.952 bits per heavy atom. The number of para-hydroxylation sites is 7. The van der Waals surface area contributed by atoms with Crippen molar-refractivity contribution in [2.24, 2.45) is 0 Å². The van der Waals surface area contributed by atoms with Crippen LogP contribution in [-0.2, 0) is 0 Å². The van der Waals surface area contributed by atoms with E-state index < -0.39 is 0 Å². The van der Waals surface area contributed by atoms with E-state index in [1.807, 2.05) is 12.4 Å². The van der Waals surface area contributed by atoms with Crippen LogP contribution in [0.4, 0.5) is 0 Å². The molecule has 0 N–H and O–H groups in total. The van der Waals surface area contributed by atoms with Crippen molar-refractivity contribution in [3.05, 3.63) is 431 Å². The molecule has 9 heteroatoms. The zero-order chi connectivity index (χ0) is 82.3. The van der Waals surface area contributed by atoms with Gasteiger partial charge in [-0.25, -0.2) is 0 Å². The molecule has 27 aromatic rings. The van der Waals surface area contributed by atoms with Crippen molar-refractivity contribution >= 4 is 163 Å². The monoisotopic (exact) mass is 1600 g/mol. The second kappa shape index (κ2) is 27.2. The van der Waals surface area contributed by atoms with Gasteiger partial charge in [-0.15, -0.1) is 0 Å². The highest BCUT2D eigenvalue weighted by Crippen LogP contribution is 2.48. The lowest BCUT2D eigenvalue weighted by molar-refractivity contribution is 1.18. The molecule has 0 aliphatic rings. The van der Waals surface area contributed by atoms with Gasteiger partial charge < -0.3 is 27.4 Å². The van der Waals surface area contributed by atoms with Crippen molar-refractivity contribution in [1.82, 2.24) is 42.4 Å². The first-order valence-corrected chi connectivity index (χ1v) is 43.1. The van der Waals surface area contributed by atoms with E-state index in [0.717, 1.165) is 172 Å². The van der Waals surface area contributed by atoms with Gasteiger partial charge in [-0.3, -0.25) is 15.0 Å². The van der Waals surface area contributed by atoms with Crippen molar-refractivity contribution in [1.29, 1.82) is 0 Å². The molecule has 0 saturated carbocycles. The van der Waals surface area contributed by atoms with Crippen LogP contribution in [0.15, 0.2) is 431 Å². The van der Waals surface area contributed by atoms with Crippen LogP contribution >= 0.6 is 0 Å². The minimum atomic E-state index is 0.910. The van der Waals surface area contributed by atoms with Gasteiger partial charge in [0, 0.05) is 151 Å². The maximum absolute atomic E-state index is 5.52.